The highest BCUT2D eigenvalue weighted by Gasteiger charge is 2.16. The molecule has 0 N–H and O–H groups in total. The predicted octanol–water partition coefficient (Wildman–Crippen LogP) is 4.85. The first-order chi connectivity index (χ1) is 11.7. The molecule has 3 aromatic rings. The highest BCUT2D eigenvalue weighted by atomic mass is 35.5. The minimum Gasteiger partial charge on any atom is -0.477 e. The van der Waals surface area contributed by atoms with Gasteiger partial charge in [0, 0.05) is 22.4 Å². The summed E-state index contributed by atoms with van der Waals surface area (Å²) in [6.45, 7) is 2.31. The number of benzene rings is 1. The molecule has 4 nitrogen and oxygen atoms in total. The topological polar surface area (TPSA) is 58.8 Å². The van der Waals surface area contributed by atoms with Gasteiger partial charge in [0.25, 0.3) is 0 Å². The van der Waals surface area contributed by atoms with Gasteiger partial charge < -0.3 is 4.74 Å². The monoisotopic (exact) mass is 355 g/mol. The quantitative estimate of drug-likeness (QED) is 0.612. The lowest BCUT2D eigenvalue weighted by Gasteiger charge is -2.11. The standard InChI is InChI=1S/C18H14ClN3OS/c1-2-23-17-14(10-20)13-7-5-9-21-16(13)18(22-17)24-11-12-6-3-4-8-15(12)19/h3-9H,2,11H2,1H3. The number of hydrogen-bond donors (Lipinski definition) is 0. The first kappa shape index (κ1) is 16.6. The molecule has 0 aliphatic rings. The lowest BCUT2D eigenvalue weighted by atomic mass is 10.1. The lowest BCUT2D eigenvalue weighted by molar-refractivity contribution is 0.324. The highest BCUT2D eigenvalue weighted by molar-refractivity contribution is 7.98. The van der Waals surface area contributed by atoms with Gasteiger partial charge in [-0.2, -0.15) is 5.26 Å². The molecular formula is C18H14ClN3OS. The maximum atomic E-state index is 9.46. The smallest absolute Gasteiger partial charge is 0.233 e. The molecule has 0 unspecified atom stereocenters. The van der Waals surface area contributed by atoms with Crippen molar-refractivity contribution in [2.75, 3.05) is 6.61 Å². The first-order valence-electron chi connectivity index (χ1n) is 7.42. The molecule has 1 aromatic carbocycles. The second kappa shape index (κ2) is 7.52. The third-order valence-corrected chi connectivity index (χ3v) is 4.79. The fourth-order valence-electron chi connectivity index (χ4n) is 2.31. The molecule has 0 saturated carbocycles. The van der Waals surface area contributed by atoms with E-state index in [1.54, 1.807) is 12.3 Å². The minimum absolute atomic E-state index is 0.349. The van der Waals surface area contributed by atoms with E-state index in [9.17, 15) is 5.26 Å². The molecule has 6 heteroatoms. The number of hydrogen-bond acceptors (Lipinski definition) is 5. The van der Waals surface area contributed by atoms with Crippen molar-refractivity contribution in [1.82, 2.24) is 9.97 Å². The van der Waals surface area contributed by atoms with Gasteiger partial charge in [0.05, 0.1) is 6.61 Å². The molecule has 24 heavy (non-hydrogen) atoms. The average Bonchev–Trinajstić information content (AvgIpc) is 2.61. The van der Waals surface area contributed by atoms with Crippen molar-refractivity contribution in [2.24, 2.45) is 0 Å². The molecule has 120 valence electrons. The molecule has 0 radical (unpaired) electrons. The van der Waals surface area contributed by atoms with Crippen molar-refractivity contribution in [1.29, 1.82) is 5.26 Å². The molecule has 0 atom stereocenters. The molecule has 2 aromatic heterocycles. The maximum Gasteiger partial charge on any atom is 0.233 e. The molecule has 0 saturated heterocycles. The van der Waals surface area contributed by atoms with Crippen molar-refractivity contribution < 1.29 is 4.74 Å². The Hall–Kier alpha value is -2.29. The number of rotatable bonds is 5. The Morgan fingerprint density at radius 1 is 1.25 bits per heavy atom. The van der Waals surface area contributed by atoms with E-state index in [1.165, 1.54) is 11.8 Å². The summed E-state index contributed by atoms with van der Waals surface area (Å²) in [6, 6.07) is 13.6. The fraction of sp³-hybridized carbons (Fsp3) is 0.167. The maximum absolute atomic E-state index is 9.46. The van der Waals surface area contributed by atoms with Gasteiger partial charge in [0.1, 0.15) is 22.2 Å². The van der Waals surface area contributed by atoms with Crippen molar-refractivity contribution in [3.05, 3.63) is 58.7 Å². The number of halogens is 1. The van der Waals surface area contributed by atoms with Gasteiger partial charge in [-0.1, -0.05) is 41.6 Å². The van der Waals surface area contributed by atoms with Gasteiger partial charge in [-0.25, -0.2) is 4.98 Å². The molecule has 2 heterocycles. The zero-order chi connectivity index (χ0) is 16.9. The molecular weight excluding hydrogens is 342 g/mol. The molecule has 0 spiro atoms. The van der Waals surface area contributed by atoms with Crippen LogP contribution in [-0.2, 0) is 5.75 Å². The van der Waals surface area contributed by atoms with Crippen LogP contribution >= 0.6 is 23.4 Å². The minimum atomic E-state index is 0.349. The van der Waals surface area contributed by atoms with E-state index in [0.29, 0.717) is 29.3 Å². The number of aromatic nitrogens is 2. The van der Waals surface area contributed by atoms with Crippen molar-refractivity contribution in [3.63, 3.8) is 0 Å². The molecule has 0 amide bonds. The van der Waals surface area contributed by atoms with E-state index in [2.05, 4.69) is 16.0 Å². The van der Waals surface area contributed by atoms with Crippen LogP contribution in [0.4, 0.5) is 0 Å². The van der Waals surface area contributed by atoms with Crippen LogP contribution < -0.4 is 4.74 Å². The van der Waals surface area contributed by atoms with Crippen LogP contribution in [0.5, 0.6) is 5.88 Å². The number of ether oxygens (including phenoxy) is 1. The molecule has 0 fully saturated rings. The molecule has 3 rings (SSSR count). The summed E-state index contributed by atoms with van der Waals surface area (Å²) >= 11 is 7.75. The van der Waals surface area contributed by atoms with Gasteiger partial charge in [-0.15, -0.1) is 0 Å². The molecule has 0 bridgehead atoms. The van der Waals surface area contributed by atoms with Crippen LogP contribution in [0.25, 0.3) is 10.9 Å². The second-order valence-corrected chi connectivity index (χ2v) is 6.29. The van der Waals surface area contributed by atoms with E-state index < -0.39 is 0 Å². The summed E-state index contributed by atoms with van der Waals surface area (Å²) in [5, 5.41) is 11.7. The second-order valence-electron chi connectivity index (χ2n) is 4.92. The van der Waals surface area contributed by atoms with Gasteiger partial charge >= 0.3 is 0 Å². The third kappa shape index (κ3) is 3.30. The van der Waals surface area contributed by atoms with Crippen molar-refractivity contribution in [3.8, 4) is 11.9 Å². The summed E-state index contributed by atoms with van der Waals surface area (Å²) in [5.41, 5.74) is 2.15. The first-order valence-corrected chi connectivity index (χ1v) is 8.78. The Kier molecular flexibility index (Phi) is 5.19. The van der Waals surface area contributed by atoms with Crippen LogP contribution in [0.15, 0.2) is 47.6 Å². The number of nitrogens with zero attached hydrogens (tertiary/aromatic N) is 3. The summed E-state index contributed by atoms with van der Waals surface area (Å²) in [5.74, 6) is 1.01. The number of pyridine rings is 2. The Bertz CT molecular complexity index is 924. The molecule has 0 aliphatic carbocycles. The Morgan fingerprint density at radius 3 is 2.83 bits per heavy atom. The molecule has 0 aliphatic heterocycles. The normalized spacial score (nSPS) is 10.5. The summed E-state index contributed by atoms with van der Waals surface area (Å²) in [6.07, 6.45) is 1.70. The summed E-state index contributed by atoms with van der Waals surface area (Å²) < 4.78 is 5.55. The number of nitriles is 1. The van der Waals surface area contributed by atoms with Crippen LogP contribution in [0.3, 0.4) is 0 Å². The number of fused-ring (bicyclic) bond motifs is 1. The Balaban J connectivity index is 2.04. The van der Waals surface area contributed by atoms with E-state index in [4.69, 9.17) is 16.3 Å². The van der Waals surface area contributed by atoms with Crippen LogP contribution in [0.1, 0.15) is 18.1 Å². The van der Waals surface area contributed by atoms with Gasteiger partial charge in [0.15, 0.2) is 0 Å². The number of thioether (sulfide) groups is 1. The van der Waals surface area contributed by atoms with Crippen molar-refractivity contribution in [2.45, 2.75) is 17.7 Å². The summed E-state index contributed by atoms with van der Waals surface area (Å²) in [7, 11) is 0. The van der Waals surface area contributed by atoms with Crippen LogP contribution in [0, 0.1) is 11.3 Å². The zero-order valence-corrected chi connectivity index (χ0v) is 14.6. The van der Waals surface area contributed by atoms with E-state index in [-0.39, 0.29) is 0 Å². The zero-order valence-electron chi connectivity index (χ0n) is 13.0. The van der Waals surface area contributed by atoms with Gasteiger partial charge in [-0.05, 0) is 30.7 Å². The predicted molar refractivity (Wildman–Crippen MR) is 96.4 cm³/mol. The van der Waals surface area contributed by atoms with Crippen LogP contribution in [0.2, 0.25) is 5.02 Å². The largest absolute Gasteiger partial charge is 0.477 e. The third-order valence-electron chi connectivity index (χ3n) is 3.41. The van der Waals surface area contributed by atoms with E-state index >= 15 is 0 Å². The summed E-state index contributed by atoms with van der Waals surface area (Å²) in [4.78, 5) is 8.92. The fourth-order valence-corrected chi connectivity index (χ4v) is 3.58. The van der Waals surface area contributed by atoms with Crippen LogP contribution in [-0.4, -0.2) is 16.6 Å². The van der Waals surface area contributed by atoms with E-state index in [1.807, 2.05) is 37.3 Å². The van der Waals surface area contributed by atoms with Crippen molar-refractivity contribution >= 4 is 34.3 Å². The van der Waals surface area contributed by atoms with Gasteiger partial charge in [0.2, 0.25) is 5.88 Å². The lowest BCUT2D eigenvalue weighted by Crippen LogP contribution is -2.01. The van der Waals surface area contributed by atoms with E-state index in [0.717, 1.165) is 21.0 Å². The van der Waals surface area contributed by atoms with Gasteiger partial charge in [-0.3, -0.25) is 4.98 Å². The Morgan fingerprint density at radius 2 is 2.08 bits per heavy atom. The average molecular weight is 356 g/mol. The Labute approximate surface area is 149 Å². The highest BCUT2D eigenvalue weighted by Crippen LogP contribution is 2.34. The SMILES string of the molecule is CCOc1nc(SCc2ccccc2Cl)c2ncccc2c1C#N.